The van der Waals surface area contributed by atoms with Crippen LogP contribution in [0.1, 0.15) is 25.3 Å². The van der Waals surface area contributed by atoms with Gasteiger partial charge in [-0.15, -0.1) is 0 Å². The van der Waals surface area contributed by atoms with Gasteiger partial charge in [0.25, 0.3) is 0 Å². The summed E-state index contributed by atoms with van der Waals surface area (Å²) >= 11 is 0. The third kappa shape index (κ3) is 2.83. The summed E-state index contributed by atoms with van der Waals surface area (Å²) in [6.07, 6.45) is 3.55. The zero-order chi connectivity index (χ0) is 10.6. The van der Waals surface area contributed by atoms with E-state index in [1.165, 1.54) is 5.56 Å². The molecule has 0 bridgehead atoms. The molecule has 1 aromatic rings. The molecule has 1 amide bonds. The van der Waals surface area contributed by atoms with Gasteiger partial charge in [-0.1, -0.05) is 6.92 Å². The molecule has 0 aliphatic heterocycles. The molecule has 76 valence electrons. The Morgan fingerprint density at radius 3 is 2.57 bits per heavy atom. The fraction of sp³-hybridized carbons (Fsp3) is 0.455. The van der Waals surface area contributed by atoms with E-state index < -0.39 is 0 Å². The maximum absolute atomic E-state index is 11.0. The number of hydrogen-bond acceptors (Lipinski definition) is 2. The Morgan fingerprint density at radius 1 is 1.50 bits per heavy atom. The quantitative estimate of drug-likeness (QED) is 0.729. The second-order valence-corrected chi connectivity index (χ2v) is 3.58. The Morgan fingerprint density at radius 2 is 2.07 bits per heavy atom. The van der Waals surface area contributed by atoms with E-state index >= 15 is 0 Å². The van der Waals surface area contributed by atoms with Crippen LogP contribution < -0.4 is 0 Å². The first kappa shape index (κ1) is 10.7. The van der Waals surface area contributed by atoms with Crippen molar-refractivity contribution in [2.24, 2.45) is 0 Å². The molecule has 1 aromatic heterocycles. The fourth-order valence-electron chi connectivity index (χ4n) is 1.34. The maximum Gasteiger partial charge on any atom is 0.219 e. The number of amides is 1. The zero-order valence-electron chi connectivity index (χ0n) is 8.90. The third-order valence-electron chi connectivity index (χ3n) is 2.36. The van der Waals surface area contributed by atoms with Crippen molar-refractivity contribution >= 4 is 5.91 Å². The van der Waals surface area contributed by atoms with Crippen LogP contribution in [0, 0.1) is 0 Å². The van der Waals surface area contributed by atoms with E-state index in [2.05, 4.69) is 11.9 Å². The van der Waals surface area contributed by atoms with Crippen LogP contribution in [-0.4, -0.2) is 29.4 Å². The predicted molar refractivity (Wildman–Crippen MR) is 56.0 cm³/mol. The van der Waals surface area contributed by atoms with Crippen molar-refractivity contribution in [1.29, 1.82) is 0 Å². The molecule has 14 heavy (non-hydrogen) atoms. The smallest absolute Gasteiger partial charge is 0.219 e. The van der Waals surface area contributed by atoms with Crippen molar-refractivity contribution in [1.82, 2.24) is 9.88 Å². The van der Waals surface area contributed by atoms with Gasteiger partial charge >= 0.3 is 0 Å². The molecule has 0 aliphatic carbocycles. The van der Waals surface area contributed by atoms with Crippen LogP contribution in [-0.2, 0) is 4.79 Å². The summed E-state index contributed by atoms with van der Waals surface area (Å²) in [5.41, 5.74) is 1.22. The summed E-state index contributed by atoms with van der Waals surface area (Å²) < 4.78 is 0. The number of carbonyl (C=O) groups excluding carboxylic acids is 1. The van der Waals surface area contributed by atoms with Gasteiger partial charge < -0.3 is 4.90 Å². The van der Waals surface area contributed by atoms with E-state index in [0.717, 1.165) is 6.54 Å². The first-order chi connectivity index (χ1) is 6.61. The Balaban J connectivity index is 2.59. The second kappa shape index (κ2) is 4.74. The van der Waals surface area contributed by atoms with E-state index in [4.69, 9.17) is 0 Å². The Hall–Kier alpha value is -1.38. The van der Waals surface area contributed by atoms with E-state index in [1.807, 2.05) is 19.2 Å². The molecule has 0 saturated heterocycles. The zero-order valence-corrected chi connectivity index (χ0v) is 8.90. The third-order valence-corrected chi connectivity index (χ3v) is 2.36. The van der Waals surface area contributed by atoms with Crippen LogP contribution in [0.4, 0.5) is 0 Å². The summed E-state index contributed by atoms with van der Waals surface area (Å²) in [6, 6.07) is 3.97. The largest absolute Gasteiger partial charge is 0.345 e. The number of likely N-dealkylation sites (N-methyl/N-ethyl adjacent to an activating group) is 1. The molecule has 1 unspecified atom stereocenters. The first-order valence-corrected chi connectivity index (χ1v) is 4.73. The van der Waals surface area contributed by atoms with Crippen molar-refractivity contribution < 1.29 is 4.79 Å². The van der Waals surface area contributed by atoms with E-state index in [9.17, 15) is 4.79 Å². The van der Waals surface area contributed by atoms with Gasteiger partial charge in [0.05, 0.1) is 0 Å². The van der Waals surface area contributed by atoms with Crippen LogP contribution in [0.5, 0.6) is 0 Å². The monoisotopic (exact) mass is 192 g/mol. The SMILES string of the molecule is CC(=O)N(C)CC(C)c1ccncc1. The average molecular weight is 192 g/mol. The minimum atomic E-state index is 0.103. The normalized spacial score (nSPS) is 12.2. The highest BCUT2D eigenvalue weighted by Gasteiger charge is 2.09. The molecule has 1 rings (SSSR count). The molecule has 0 fully saturated rings. The molecule has 0 saturated carbocycles. The van der Waals surface area contributed by atoms with Crippen LogP contribution in [0.25, 0.3) is 0 Å². The van der Waals surface area contributed by atoms with Crippen LogP contribution in [0.2, 0.25) is 0 Å². The molecule has 0 aromatic carbocycles. The molecular weight excluding hydrogens is 176 g/mol. The number of rotatable bonds is 3. The molecule has 1 heterocycles. The van der Waals surface area contributed by atoms with Gasteiger partial charge in [-0.05, 0) is 23.6 Å². The lowest BCUT2D eigenvalue weighted by atomic mass is 10.0. The van der Waals surface area contributed by atoms with E-state index in [1.54, 1.807) is 24.2 Å². The van der Waals surface area contributed by atoms with Crippen molar-refractivity contribution in [3.8, 4) is 0 Å². The molecular formula is C11H16N2O. The van der Waals surface area contributed by atoms with Gasteiger partial charge in [-0.25, -0.2) is 0 Å². The van der Waals surface area contributed by atoms with Gasteiger partial charge in [-0.3, -0.25) is 9.78 Å². The second-order valence-electron chi connectivity index (χ2n) is 3.58. The molecule has 3 nitrogen and oxygen atoms in total. The fourth-order valence-corrected chi connectivity index (χ4v) is 1.34. The molecule has 0 aliphatic rings. The first-order valence-electron chi connectivity index (χ1n) is 4.73. The topological polar surface area (TPSA) is 33.2 Å². The minimum absolute atomic E-state index is 0.103. The lowest BCUT2D eigenvalue weighted by Gasteiger charge is -2.20. The summed E-state index contributed by atoms with van der Waals surface area (Å²) in [7, 11) is 1.82. The van der Waals surface area contributed by atoms with E-state index in [-0.39, 0.29) is 5.91 Å². The van der Waals surface area contributed by atoms with Crippen LogP contribution in [0.3, 0.4) is 0 Å². The highest BCUT2D eigenvalue weighted by molar-refractivity contribution is 5.72. The standard InChI is InChI=1S/C11H16N2O/c1-9(8-13(3)10(2)14)11-4-6-12-7-5-11/h4-7,9H,8H2,1-3H3. The van der Waals surface area contributed by atoms with Crippen LogP contribution in [0.15, 0.2) is 24.5 Å². The number of carbonyl (C=O) groups is 1. The lowest BCUT2D eigenvalue weighted by molar-refractivity contribution is -0.127. The molecule has 3 heteroatoms. The predicted octanol–water partition coefficient (Wildman–Crippen LogP) is 1.66. The Bertz CT molecular complexity index is 297. The van der Waals surface area contributed by atoms with Gasteiger partial charge in [-0.2, -0.15) is 0 Å². The van der Waals surface area contributed by atoms with Crippen LogP contribution >= 0.6 is 0 Å². The maximum atomic E-state index is 11.0. The summed E-state index contributed by atoms with van der Waals surface area (Å²) in [5, 5.41) is 0. The van der Waals surface area contributed by atoms with Crippen molar-refractivity contribution in [2.75, 3.05) is 13.6 Å². The molecule has 1 atom stereocenters. The Labute approximate surface area is 84.8 Å². The van der Waals surface area contributed by atoms with Gasteiger partial charge in [0.15, 0.2) is 0 Å². The highest BCUT2D eigenvalue weighted by atomic mass is 16.2. The van der Waals surface area contributed by atoms with Gasteiger partial charge in [0, 0.05) is 32.9 Å². The number of nitrogens with zero attached hydrogens (tertiary/aromatic N) is 2. The summed E-state index contributed by atoms with van der Waals surface area (Å²) in [4.78, 5) is 16.7. The van der Waals surface area contributed by atoms with Gasteiger partial charge in [0.2, 0.25) is 5.91 Å². The van der Waals surface area contributed by atoms with Crippen molar-refractivity contribution in [2.45, 2.75) is 19.8 Å². The number of hydrogen-bond donors (Lipinski definition) is 0. The molecule has 0 radical (unpaired) electrons. The molecule has 0 spiro atoms. The molecule has 0 N–H and O–H groups in total. The average Bonchev–Trinajstić information content (AvgIpc) is 2.19. The lowest BCUT2D eigenvalue weighted by Crippen LogP contribution is -2.27. The Kier molecular flexibility index (Phi) is 3.63. The highest BCUT2D eigenvalue weighted by Crippen LogP contribution is 2.14. The summed E-state index contributed by atoms with van der Waals surface area (Å²) in [6.45, 7) is 4.44. The number of pyridine rings is 1. The minimum Gasteiger partial charge on any atom is -0.345 e. The summed E-state index contributed by atoms with van der Waals surface area (Å²) in [5.74, 6) is 0.456. The van der Waals surface area contributed by atoms with Crippen molar-refractivity contribution in [3.63, 3.8) is 0 Å². The number of aromatic nitrogens is 1. The van der Waals surface area contributed by atoms with Gasteiger partial charge in [0.1, 0.15) is 0 Å². The van der Waals surface area contributed by atoms with E-state index in [0.29, 0.717) is 5.92 Å². The van der Waals surface area contributed by atoms with Crippen molar-refractivity contribution in [3.05, 3.63) is 30.1 Å².